The van der Waals surface area contributed by atoms with Gasteiger partial charge in [0.1, 0.15) is 5.75 Å². The SMILES string of the molecule is COc1ccc(C)cc1CN(C)CC(=O)Nc1cccc(C(=O)NC2CC2)c1. The van der Waals surface area contributed by atoms with Crippen LogP contribution in [0.3, 0.4) is 0 Å². The molecule has 2 aromatic rings. The van der Waals surface area contributed by atoms with Gasteiger partial charge in [-0.2, -0.15) is 0 Å². The summed E-state index contributed by atoms with van der Waals surface area (Å²) >= 11 is 0. The van der Waals surface area contributed by atoms with E-state index in [1.54, 1.807) is 31.4 Å². The number of amides is 2. The van der Waals surface area contributed by atoms with Crippen molar-refractivity contribution in [3.05, 3.63) is 59.2 Å². The van der Waals surface area contributed by atoms with Crippen molar-refractivity contribution >= 4 is 17.5 Å². The van der Waals surface area contributed by atoms with Crippen LogP contribution in [0.2, 0.25) is 0 Å². The number of rotatable bonds is 8. The quantitative estimate of drug-likeness (QED) is 0.738. The molecular formula is C22H27N3O3. The fourth-order valence-corrected chi connectivity index (χ4v) is 3.06. The molecule has 0 unspecified atom stereocenters. The molecule has 1 fully saturated rings. The van der Waals surface area contributed by atoms with Crippen molar-refractivity contribution in [2.24, 2.45) is 0 Å². The van der Waals surface area contributed by atoms with Gasteiger partial charge in [-0.25, -0.2) is 0 Å². The first-order valence-electron chi connectivity index (χ1n) is 9.47. The molecule has 0 saturated heterocycles. The molecule has 0 heterocycles. The van der Waals surface area contributed by atoms with Crippen LogP contribution >= 0.6 is 0 Å². The number of carbonyl (C=O) groups excluding carboxylic acids is 2. The van der Waals surface area contributed by atoms with Gasteiger partial charge >= 0.3 is 0 Å². The maximum Gasteiger partial charge on any atom is 0.251 e. The average molecular weight is 381 g/mol. The minimum atomic E-state index is -0.131. The normalized spacial score (nSPS) is 13.3. The molecule has 1 aliphatic carbocycles. The molecule has 148 valence electrons. The molecule has 0 radical (unpaired) electrons. The number of benzene rings is 2. The number of ether oxygens (including phenoxy) is 1. The Morgan fingerprint density at radius 3 is 2.68 bits per heavy atom. The molecule has 28 heavy (non-hydrogen) atoms. The van der Waals surface area contributed by atoms with Gasteiger partial charge in [-0.05, 0) is 51.1 Å². The number of anilines is 1. The summed E-state index contributed by atoms with van der Waals surface area (Å²) in [5.74, 6) is 0.586. The van der Waals surface area contributed by atoms with Crippen molar-refractivity contribution in [1.82, 2.24) is 10.2 Å². The molecule has 6 heteroatoms. The van der Waals surface area contributed by atoms with Crippen molar-refractivity contribution in [2.75, 3.05) is 26.0 Å². The van der Waals surface area contributed by atoms with Crippen LogP contribution in [-0.4, -0.2) is 43.5 Å². The van der Waals surface area contributed by atoms with Crippen LogP contribution in [-0.2, 0) is 11.3 Å². The summed E-state index contributed by atoms with van der Waals surface area (Å²) in [5.41, 5.74) is 3.36. The molecule has 0 spiro atoms. The molecule has 2 N–H and O–H groups in total. The highest BCUT2D eigenvalue weighted by Gasteiger charge is 2.23. The Hall–Kier alpha value is -2.86. The molecule has 0 aromatic heterocycles. The molecule has 6 nitrogen and oxygen atoms in total. The zero-order valence-electron chi connectivity index (χ0n) is 16.6. The lowest BCUT2D eigenvalue weighted by Gasteiger charge is -2.18. The van der Waals surface area contributed by atoms with Gasteiger partial charge < -0.3 is 15.4 Å². The fourth-order valence-electron chi connectivity index (χ4n) is 3.06. The van der Waals surface area contributed by atoms with Gasteiger partial charge in [0.2, 0.25) is 5.91 Å². The van der Waals surface area contributed by atoms with Crippen LogP contribution in [0.1, 0.15) is 34.3 Å². The minimum absolute atomic E-state index is 0.0951. The number of hydrogen-bond acceptors (Lipinski definition) is 4. The Balaban J connectivity index is 1.56. The van der Waals surface area contributed by atoms with Gasteiger partial charge in [0.15, 0.2) is 0 Å². The van der Waals surface area contributed by atoms with E-state index in [2.05, 4.69) is 16.7 Å². The van der Waals surface area contributed by atoms with Crippen molar-refractivity contribution in [2.45, 2.75) is 32.4 Å². The van der Waals surface area contributed by atoms with Crippen molar-refractivity contribution in [3.63, 3.8) is 0 Å². The number of likely N-dealkylation sites (N-methyl/N-ethyl adjacent to an activating group) is 1. The van der Waals surface area contributed by atoms with Crippen molar-refractivity contribution in [1.29, 1.82) is 0 Å². The van der Waals surface area contributed by atoms with Crippen LogP contribution in [0.5, 0.6) is 5.75 Å². The van der Waals surface area contributed by atoms with Crippen LogP contribution in [0.15, 0.2) is 42.5 Å². The Labute approximate surface area is 165 Å². The molecule has 1 aliphatic rings. The second kappa shape index (κ2) is 8.89. The second-order valence-electron chi connectivity index (χ2n) is 7.36. The number of nitrogens with zero attached hydrogens (tertiary/aromatic N) is 1. The van der Waals surface area contributed by atoms with E-state index in [1.807, 2.05) is 31.0 Å². The summed E-state index contributed by atoms with van der Waals surface area (Å²) in [7, 11) is 3.54. The summed E-state index contributed by atoms with van der Waals surface area (Å²) in [4.78, 5) is 26.5. The van der Waals surface area contributed by atoms with Gasteiger partial charge in [-0.3, -0.25) is 14.5 Å². The highest BCUT2D eigenvalue weighted by atomic mass is 16.5. The average Bonchev–Trinajstić information content (AvgIpc) is 3.46. The molecule has 0 atom stereocenters. The van der Waals surface area contributed by atoms with Crippen LogP contribution in [0, 0.1) is 6.92 Å². The van der Waals surface area contributed by atoms with E-state index in [0.717, 1.165) is 29.7 Å². The Bertz CT molecular complexity index is 862. The highest BCUT2D eigenvalue weighted by molar-refractivity contribution is 5.97. The first-order chi connectivity index (χ1) is 13.4. The summed E-state index contributed by atoms with van der Waals surface area (Å²) in [6, 6.07) is 13.3. The maximum absolute atomic E-state index is 12.4. The third-order valence-electron chi connectivity index (χ3n) is 4.61. The zero-order valence-corrected chi connectivity index (χ0v) is 16.6. The van der Waals surface area contributed by atoms with E-state index in [-0.39, 0.29) is 18.4 Å². The monoisotopic (exact) mass is 381 g/mol. The van der Waals surface area contributed by atoms with Crippen LogP contribution in [0.25, 0.3) is 0 Å². The molecule has 0 bridgehead atoms. The predicted octanol–water partition coefficient (Wildman–Crippen LogP) is 2.97. The van der Waals surface area contributed by atoms with E-state index in [1.165, 1.54) is 0 Å². The lowest BCUT2D eigenvalue weighted by molar-refractivity contribution is -0.117. The highest BCUT2D eigenvalue weighted by Crippen LogP contribution is 2.21. The predicted molar refractivity (Wildman–Crippen MR) is 110 cm³/mol. The van der Waals surface area contributed by atoms with Gasteiger partial charge in [0, 0.05) is 29.4 Å². The van der Waals surface area contributed by atoms with Crippen LogP contribution < -0.4 is 15.4 Å². The zero-order chi connectivity index (χ0) is 20.1. The number of nitrogens with one attached hydrogen (secondary N) is 2. The van der Waals surface area contributed by atoms with E-state index < -0.39 is 0 Å². The first-order valence-corrected chi connectivity index (χ1v) is 9.47. The first kappa shape index (κ1) is 19.9. The molecule has 0 aliphatic heterocycles. The summed E-state index contributed by atoms with van der Waals surface area (Å²) < 4.78 is 5.40. The Kier molecular flexibility index (Phi) is 6.31. The smallest absolute Gasteiger partial charge is 0.251 e. The van der Waals surface area contributed by atoms with E-state index in [0.29, 0.717) is 23.8 Å². The molecular weight excluding hydrogens is 354 g/mol. The number of methoxy groups -OCH3 is 1. The Morgan fingerprint density at radius 1 is 1.18 bits per heavy atom. The largest absolute Gasteiger partial charge is 0.496 e. The maximum atomic E-state index is 12.4. The van der Waals surface area contributed by atoms with Crippen LogP contribution in [0.4, 0.5) is 5.69 Å². The molecule has 2 amide bonds. The standard InChI is InChI=1S/C22H27N3O3/c1-15-7-10-20(28-3)17(11-15)13-25(2)14-21(26)23-19-6-4-5-16(12-19)22(27)24-18-8-9-18/h4-7,10-12,18H,8-9,13-14H2,1-3H3,(H,23,26)(H,24,27). The minimum Gasteiger partial charge on any atom is -0.496 e. The third kappa shape index (κ3) is 5.57. The number of hydrogen-bond donors (Lipinski definition) is 2. The Morgan fingerprint density at radius 2 is 1.96 bits per heavy atom. The molecule has 1 saturated carbocycles. The second-order valence-corrected chi connectivity index (χ2v) is 7.36. The van der Waals surface area contributed by atoms with Gasteiger partial charge in [0.05, 0.1) is 13.7 Å². The van der Waals surface area contributed by atoms with Crippen molar-refractivity contribution in [3.8, 4) is 5.75 Å². The van der Waals surface area contributed by atoms with E-state index >= 15 is 0 Å². The van der Waals surface area contributed by atoms with Crippen molar-refractivity contribution < 1.29 is 14.3 Å². The number of aryl methyl sites for hydroxylation is 1. The topological polar surface area (TPSA) is 70.7 Å². The van der Waals surface area contributed by atoms with Gasteiger partial charge in [-0.15, -0.1) is 0 Å². The summed E-state index contributed by atoms with van der Waals surface area (Å²) in [5, 5.41) is 5.82. The third-order valence-corrected chi connectivity index (χ3v) is 4.61. The lowest BCUT2D eigenvalue weighted by atomic mass is 10.1. The summed E-state index contributed by atoms with van der Waals surface area (Å²) in [6.45, 7) is 2.86. The summed E-state index contributed by atoms with van der Waals surface area (Å²) in [6.07, 6.45) is 2.08. The van der Waals surface area contributed by atoms with Gasteiger partial charge in [-0.1, -0.05) is 23.8 Å². The molecule has 3 rings (SSSR count). The van der Waals surface area contributed by atoms with E-state index in [4.69, 9.17) is 4.74 Å². The number of carbonyl (C=O) groups is 2. The fraction of sp³-hybridized carbons (Fsp3) is 0.364. The van der Waals surface area contributed by atoms with Gasteiger partial charge in [0.25, 0.3) is 5.91 Å². The van der Waals surface area contributed by atoms with E-state index in [9.17, 15) is 9.59 Å². The lowest BCUT2D eigenvalue weighted by Crippen LogP contribution is -2.30. The molecule has 2 aromatic carbocycles.